The van der Waals surface area contributed by atoms with E-state index >= 15 is 0 Å². The van der Waals surface area contributed by atoms with Gasteiger partial charge in [-0.1, -0.05) is 41.9 Å². The fourth-order valence-corrected chi connectivity index (χ4v) is 6.11. The molecule has 138 valence electrons. The highest BCUT2D eigenvalue weighted by molar-refractivity contribution is 7.92. The van der Waals surface area contributed by atoms with Crippen LogP contribution in [-0.2, 0) is 19.4 Å². The number of rotatable bonds is 6. The van der Waals surface area contributed by atoms with Crippen LogP contribution in [0, 0.1) is 5.41 Å². The smallest absolute Gasteiger partial charge is 0.315 e. The molecule has 1 aliphatic carbocycles. The number of hydrogen-bond donors (Lipinski definition) is 1. The average molecular weight is 394 g/mol. The molecule has 1 saturated carbocycles. The lowest BCUT2D eigenvalue weighted by Crippen LogP contribution is -2.33. The number of sulfone groups is 1. The number of halogens is 1. The Balaban J connectivity index is 2.10. The standard InChI is InChI=1S/C19H20ClNO4S/c1-2-25-18(22)19(12-21)16(13-6-4-3-5-7-13)17(19)26(23,24)15-10-8-14(20)9-11-15/h3-11,16-17H,2,12,21H2,1H3/t16-,17-,19-/m1/s1. The molecule has 0 amide bonds. The summed E-state index contributed by atoms with van der Waals surface area (Å²) >= 11 is 5.87. The maximum atomic E-state index is 13.3. The monoisotopic (exact) mass is 393 g/mol. The van der Waals surface area contributed by atoms with Gasteiger partial charge in [-0.05, 0) is 36.8 Å². The van der Waals surface area contributed by atoms with Crippen LogP contribution in [0.25, 0.3) is 0 Å². The predicted octanol–water partition coefficient (Wildman–Crippen LogP) is 2.79. The van der Waals surface area contributed by atoms with E-state index in [-0.39, 0.29) is 18.0 Å². The molecule has 2 aromatic rings. The van der Waals surface area contributed by atoms with Gasteiger partial charge in [0.15, 0.2) is 9.84 Å². The number of esters is 1. The summed E-state index contributed by atoms with van der Waals surface area (Å²) in [6.45, 7) is 1.74. The third-order valence-electron chi connectivity index (χ3n) is 4.88. The molecule has 0 aromatic heterocycles. The van der Waals surface area contributed by atoms with E-state index in [1.54, 1.807) is 6.92 Å². The van der Waals surface area contributed by atoms with Crippen molar-refractivity contribution in [3.63, 3.8) is 0 Å². The van der Waals surface area contributed by atoms with Gasteiger partial charge in [-0.3, -0.25) is 4.79 Å². The number of hydrogen-bond acceptors (Lipinski definition) is 5. The lowest BCUT2D eigenvalue weighted by molar-refractivity contribution is -0.149. The van der Waals surface area contributed by atoms with Gasteiger partial charge in [0.05, 0.1) is 16.8 Å². The van der Waals surface area contributed by atoms with Crippen molar-refractivity contribution in [2.24, 2.45) is 11.1 Å². The number of benzene rings is 2. The molecule has 5 nitrogen and oxygen atoms in total. The van der Waals surface area contributed by atoms with Gasteiger partial charge in [-0.25, -0.2) is 8.42 Å². The van der Waals surface area contributed by atoms with E-state index in [1.165, 1.54) is 24.3 Å². The molecular formula is C19H20ClNO4S. The number of ether oxygens (including phenoxy) is 1. The third kappa shape index (κ3) is 2.92. The van der Waals surface area contributed by atoms with Crippen LogP contribution in [0.1, 0.15) is 18.4 Å². The maximum absolute atomic E-state index is 13.3. The zero-order valence-corrected chi connectivity index (χ0v) is 15.8. The summed E-state index contributed by atoms with van der Waals surface area (Å²) in [5, 5.41) is -0.530. The van der Waals surface area contributed by atoms with Gasteiger partial charge in [0.2, 0.25) is 0 Å². The summed E-state index contributed by atoms with van der Waals surface area (Å²) < 4.78 is 31.7. The van der Waals surface area contributed by atoms with Crippen molar-refractivity contribution in [3.8, 4) is 0 Å². The lowest BCUT2D eigenvalue weighted by Gasteiger charge is -2.14. The van der Waals surface area contributed by atoms with Crippen molar-refractivity contribution in [2.75, 3.05) is 13.2 Å². The number of carbonyl (C=O) groups excluding carboxylic acids is 1. The molecule has 0 aliphatic heterocycles. The second kappa shape index (κ2) is 7.02. The normalized spacial score (nSPS) is 24.9. The minimum absolute atomic E-state index is 0.108. The second-order valence-electron chi connectivity index (χ2n) is 6.27. The van der Waals surface area contributed by atoms with E-state index in [0.717, 1.165) is 5.56 Å². The van der Waals surface area contributed by atoms with Crippen LogP contribution in [0.4, 0.5) is 0 Å². The highest BCUT2D eigenvalue weighted by atomic mass is 35.5. The molecule has 3 rings (SSSR count). The van der Waals surface area contributed by atoms with Crippen molar-refractivity contribution >= 4 is 27.4 Å². The van der Waals surface area contributed by atoms with E-state index in [2.05, 4.69) is 0 Å². The van der Waals surface area contributed by atoms with E-state index in [4.69, 9.17) is 22.1 Å². The Kier molecular flexibility index (Phi) is 5.10. The largest absolute Gasteiger partial charge is 0.465 e. The van der Waals surface area contributed by atoms with Crippen LogP contribution < -0.4 is 5.73 Å². The van der Waals surface area contributed by atoms with Gasteiger partial charge in [0.1, 0.15) is 5.41 Å². The molecule has 3 atom stereocenters. The topological polar surface area (TPSA) is 86.5 Å². The summed E-state index contributed by atoms with van der Waals surface area (Å²) in [6.07, 6.45) is 0. The Hall–Kier alpha value is -1.89. The summed E-state index contributed by atoms with van der Waals surface area (Å²) in [6, 6.07) is 15.0. The minimum Gasteiger partial charge on any atom is -0.465 e. The Morgan fingerprint density at radius 3 is 2.31 bits per heavy atom. The highest BCUT2D eigenvalue weighted by Gasteiger charge is 2.75. The Morgan fingerprint density at radius 1 is 1.15 bits per heavy atom. The van der Waals surface area contributed by atoms with Crippen LogP contribution in [0.3, 0.4) is 0 Å². The Bertz CT molecular complexity index is 899. The summed E-state index contributed by atoms with van der Waals surface area (Å²) in [7, 11) is -3.80. The van der Waals surface area contributed by atoms with Crippen molar-refractivity contribution in [1.29, 1.82) is 0 Å². The molecule has 0 radical (unpaired) electrons. The number of nitrogens with two attached hydrogens (primary N) is 1. The van der Waals surface area contributed by atoms with Gasteiger partial charge in [0.25, 0.3) is 0 Å². The quantitative estimate of drug-likeness (QED) is 0.762. The van der Waals surface area contributed by atoms with E-state index in [1.807, 2.05) is 30.3 Å². The average Bonchev–Trinajstić information content (AvgIpc) is 3.35. The predicted molar refractivity (Wildman–Crippen MR) is 99.7 cm³/mol. The van der Waals surface area contributed by atoms with Gasteiger partial charge in [-0.2, -0.15) is 0 Å². The van der Waals surface area contributed by atoms with Crippen molar-refractivity contribution < 1.29 is 17.9 Å². The van der Waals surface area contributed by atoms with Crippen molar-refractivity contribution in [3.05, 3.63) is 65.2 Å². The second-order valence-corrected chi connectivity index (χ2v) is 8.78. The zero-order valence-electron chi connectivity index (χ0n) is 14.3. The van der Waals surface area contributed by atoms with Gasteiger partial charge in [0, 0.05) is 17.5 Å². The Morgan fingerprint density at radius 2 is 1.77 bits per heavy atom. The van der Waals surface area contributed by atoms with Gasteiger partial charge < -0.3 is 10.5 Å². The number of carbonyl (C=O) groups is 1. The molecule has 2 aromatic carbocycles. The maximum Gasteiger partial charge on any atom is 0.315 e. The molecule has 0 saturated heterocycles. The zero-order chi connectivity index (χ0) is 18.9. The van der Waals surface area contributed by atoms with Crippen LogP contribution in [0.5, 0.6) is 0 Å². The highest BCUT2D eigenvalue weighted by Crippen LogP contribution is 2.64. The van der Waals surface area contributed by atoms with E-state index in [0.29, 0.717) is 5.02 Å². The summed E-state index contributed by atoms with van der Waals surface area (Å²) in [5.41, 5.74) is 5.41. The first kappa shape index (κ1) is 18.9. The molecular weight excluding hydrogens is 374 g/mol. The molecule has 26 heavy (non-hydrogen) atoms. The fraction of sp³-hybridized carbons (Fsp3) is 0.316. The van der Waals surface area contributed by atoms with Crippen molar-refractivity contribution in [2.45, 2.75) is 23.0 Å². The van der Waals surface area contributed by atoms with Crippen molar-refractivity contribution in [1.82, 2.24) is 0 Å². The van der Waals surface area contributed by atoms with Crippen LogP contribution >= 0.6 is 11.6 Å². The molecule has 1 aliphatic rings. The molecule has 7 heteroatoms. The van der Waals surface area contributed by atoms with E-state index in [9.17, 15) is 13.2 Å². The van der Waals surface area contributed by atoms with Gasteiger partial charge in [-0.15, -0.1) is 0 Å². The van der Waals surface area contributed by atoms with Crippen LogP contribution in [0.15, 0.2) is 59.5 Å². The van der Waals surface area contributed by atoms with Crippen LogP contribution in [-0.4, -0.2) is 32.8 Å². The fourth-order valence-electron chi connectivity index (χ4n) is 3.60. The summed E-state index contributed by atoms with van der Waals surface area (Å²) in [4.78, 5) is 12.8. The molecule has 0 heterocycles. The SMILES string of the molecule is CCOC(=O)[C@]1(CN)[C@H](c2ccccc2)[C@H]1S(=O)(=O)c1ccc(Cl)cc1. The first-order chi connectivity index (χ1) is 12.4. The summed E-state index contributed by atoms with van der Waals surface area (Å²) in [5.74, 6) is -1.12. The first-order valence-electron chi connectivity index (χ1n) is 8.31. The molecule has 2 N–H and O–H groups in total. The minimum atomic E-state index is -3.80. The molecule has 1 fully saturated rings. The molecule has 0 unspecified atom stereocenters. The lowest BCUT2D eigenvalue weighted by atomic mass is 9.99. The Labute approximate surface area is 158 Å². The molecule has 0 bridgehead atoms. The first-order valence-corrected chi connectivity index (χ1v) is 10.2. The van der Waals surface area contributed by atoms with Crippen LogP contribution in [0.2, 0.25) is 5.02 Å². The third-order valence-corrected chi connectivity index (χ3v) is 7.43. The molecule has 0 spiro atoms. The van der Waals surface area contributed by atoms with E-state index < -0.39 is 32.4 Å². The van der Waals surface area contributed by atoms with Gasteiger partial charge >= 0.3 is 5.97 Å².